The van der Waals surface area contributed by atoms with Gasteiger partial charge in [-0.05, 0) is 18.6 Å². The quantitative estimate of drug-likeness (QED) is 0.533. The molecule has 0 saturated carbocycles. The van der Waals surface area contributed by atoms with Crippen LogP contribution in [-0.2, 0) is 6.54 Å². The summed E-state index contributed by atoms with van der Waals surface area (Å²) in [5.74, 6) is 0.394. The summed E-state index contributed by atoms with van der Waals surface area (Å²) in [6, 6.07) is 3.54. The summed E-state index contributed by atoms with van der Waals surface area (Å²) in [4.78, 5) is 12.7. The van der Waals surface area contributed by atoms with Crippen molar-refractivity contribution in [2.75, 3.05) is 6.61 Å². The molecule has 1 unspecified atom stereocenters. The lowest BCUT2D eigenvalue weighted by Crippen LogP contribution is -2.29. The second-order valence-electron chi connectivity index (χ2n) is 5.40. The van der Waals surface area contributed by atoms with E-state index in [0.29, 0.717) is 23.9 Å². The topological polar surface area (TPSA) is 57.2 Å². The Morgan fingerprint density at radius 3 is 2.76 bits per heavy atom. The average Bonchev–Trinajstić information content (AvgIpc) is 2.46. The Labute approximate surface area is 132 Å². The molecule has 0 aromatic carbocycles. The van der Waals surface area contributed by atoms with Gasteiger partial charge in [-0.25, -0.2) is 0 Å². The van der Waals surface area contributed by atoms with Gasteiger partial charge in [0.2, 0.25) is 0 Å². The van der Waals surface area contributed by atoms with Crippen LogP contribution in [0.3, 0.4) is 0 Å². The van der Waals surface area contributed by atoms with Crippen LogP contribution < -0.4 is 16.0 Å². The maximum absolute atomic E-state index is 12.2. The molecule has 0 amide bonds. The van der Waals surface area contributed by atoms with E-state index in [-0.39, 0.29) is 11.5 Å². The van der Waals surface area contributed by atoms with Crippen molar-refractivity contribution in [3.05, 3.63) is 28.7 Å². The lowest BCUT2D eigenvalue weighted by molar-refractivity contribution is 0.297. The van der Waals surface area contributed by atoms with Crippen LogP contribution in [0.5, 0.6) is 5.75 Å². The number of unbranched alkanes of at least 4 members (excludes halogenated alkanes) is 4. The van der Waals surface area contributed by atoms with Crippen molar-refractivity contribution in [2.45, 2.75) is 52.5 Å². The van der Waals surface area contributed by atoms with Gasteiger partial charge in [0.25, 0.3) is 5.56 Å². The largest absolute Gasteiger partial charge is 0.488 e. The van der Waals surface area contributed by atoms with Crippen LogP contribution in [-0.4, -0.2) is 16.2 Å². The van der Waals surface area contributed by atoms with E-state index in [1.54, 1.807) is 16.8 Å². The fraction of sp³-hybridized carbons (Fsp3) is 0.625. The summed E-state index contributed by atoms with van der Waals surface area (Å²) >= 11 is 4.95. The molecule has 118 valence electrons. The second-order valence-corrected chi connectivity index (χ2v) is 5.87. The zero-order chi connectivity index (χ0) is 15.7. The summed E-state index contributed by atoms with van der Waals surface area (Å²) in [5.41, 5.74) is 5.48. The standard InChI is InChI=1S/C16H26N2O2S/c1-3-4-5-6-7-11-20-14-9-8-10-18(16(14)19)12-13(2)15(17)21/h8-10,13H,3-7,11-12H2,1-2H3,(H2,17,21). The molecule has 0 saturated heterocycles. The van der Waals surface area contributed by atoms with Crippen molar-refractivity contribution >= 4 is 17.2 Å². The number of thiocarbonyl (C=S) groups is 1. The SMILES string of the molecule is CCCCCCCOc1cccn(CC(C)C(N)=S)c1=O. The van der Waals surface area contributed by atoms with Gasteiger partial charge in [0.1, 0.15) is 0 Å². The molecular formula is C16H26N2O2S. The third kappa shape index (κ3) is 6.29. The van der Waals surface area contributed by atoms with E-state index in [2.05, 4.69) is 6.92 Å². The number of hydrogen-bond donors (Lipinski definition) is 1. The monoisotopic (exact) mass is 310 g/mol. The zero-order valence-electron chi connectivity index (χ0n) is 13.0. The van der Waals surface area contributed by atoms with Crippen molar-refractivity contribution in [3.63, 3.8) is 0 Å². The molecule has 0 radical (unpaired) electrons. The maximum Gasteiger partial charge on any atom is 0.292 e. The Morgan fingerprint density at radius 2 is 2.10 bits per heavy atom. The third-order valence-corrected chi connectivity index (χ3v) is 3.85. The van der Waals surface area contributed by atoms with E-state index in [1.807, 2.05) is 13.0 Å². The number of hydrogen-bond acceptors (Lipinski definition) is 3. The molecule has 1 aromatic heterocycles. The summed E-state index contributed by atoms with van der Waals surface area (Å²) in [7, 11) is 0. The lowest BCUT2D eigenvalue weighted by Gasteiger charge is -2.13. The first kappa shape index (κ1) is 17.7. The van der Waals surface area contributed by atoms with E-state index >= 15 is 0 Å². The van der Waals surface area contributed by atoms with Crippen molar-refractivity contribution in [3.8, 4) is 5.75 Å². The molecule has 0 aliphatic heterocycles. The summed E-state index contributed by atoms with van der Waals surface area (Å²) < 4.78 is 7.21. The molecule has 0 spiro atoms. The highest BCUT2D eigenvalue weighted by molar-refractivity contribution is 7.80. The van der Waals surface area contributed by atoms with Crippen molar-refractivity contribution in [1.82, 2.24) is 4.57 Å². The molecule has 1 heterocycles. The van der Waals surface area contributed by atoms with Gasteiger partial charge in [-0.15, -0.1) is 0 Å². The molecular weight excluding hydrogens is 284 g/mol. The van der Waals surface area contributed by atoms with Crippen LogP contribution in [0.2, 0.25) is 0 Å². The van der Waals surface area contributed by atoms with Crippen LogP contribution in [0.4, 0.5) is 0 Å². The van der Waals surface area contributed by atoms with Gasteiger partial charge in [-0.3, -0.25) is 4.79 Å². The highest BCUT2D eigenvalue weighted by atomic mass is 32.1. The molecule has 5 heteroatoms. The number of nitrogens with two attached hydrogens (primary N) is 1. The summed E-state index contributed by atoms with van der Waals surface area (Å²) in [6.45, 7) is 5.18. The summed E-state index contributed by atoms with van der Waals surface area (Å²) in [5, 5.41) is 0. The number of nitrogens with zero attached hydrogens (tertiary/aromatic N) is 1. The zero-order valence-corrected chi connectivity index (χ0v) is 13.8. The molecule has 2 N–H and O–H groups in total. The number of rotatable bonds is 10. The maximum atomic E-state index is 12.2. The number of aromatic nitrogens is 1. The Kier molecular flexibility index (Phi) is 8.05. The van der Waals surface area contributed by atoms with Gasteiger partial charge in [-0.2, -0.15) is 0 Å². The normalized spacial score (nSPS) is 12.1. The molecule has 1 atom stereocenters. The van der Waals surface area contributed by atoms with Crippen LogP contribution in [0.1, 0.15) is 46.0 Å². The predicted octanol–water partition coefficient (Wildman–Crippen LogP) is 3.12. The molecule has 4 nitrogen and oxygen atoms in total. The Morgan fingerprint density at radius 1 is 1.38 bits per heavy atom. The fourth-order valence-electron chi connectivity index (χ4n) is 2.04. The number of pyridine rings is 1. The fourth-order valence-corrected chi connectivity index (χ4v) is 2.12. The van der Waals surface area contributed by atoms with E-state index in [9.17, 15) is 4.79 Å². The lowest BCUT2D eigenvalue weighted by atomic mass is 10.2. The van der Waals surface area contributed by atoms with Gasteiger partial charge >= 0.3 is 0 Å². The molecule has 0 bridgehead atoms. The first-order valence-corrected chi connectivity index (χ1v) is 8.08. The van der Waals surface area contributed by atoms with Crippen molar-refractivity contribution in [1.29, 1.82) is 0 Å². The van der Waals surface area contributed by atoms with Crippen LogP contribution in [0, 0.1) is 5.92 Å². The minimum atomic E-state index is -0.117. The van der Waals surface area contributed by atoms with Gasteiger partial charge in [0.05, 0.1) is 11.6 Å². The van der Waals surface area contributed by atoms with E-state index in [1.165, 1.54) is 19.3 Å². The first-order chi connectivity index (χ1) is 10.1. The average molecular weight is 310 g/mol. The van der Waals surface area contributed by atoms with Crippen LogP contribution in [0.15, 0.2) is 23.1 Å². The van der Waals surface area contributed by atoms with Gasteiger partial charge in [0, 0.05) is 18.7 Å². The Bertz CT molecular complexity index is 499. The van der Waals surface area contributed by atoms with E-state index < -0.39 is 0 Å². The van der Waals surface area contributed by atoms with Crippen LogP contribution in [0.25, 0.3) is 0 Å². The minimum absolute atomic E-state index is 0.0120. The number of ether oxygens (including phenoxy) is 1. The summed E-state index contributed by atoms with van der Waals surface area (Å²) in [6.07, 6.45) is 7.58. The second kappa shape index (κ2) is 9.55. The molecule has 0 aliphatic carbocycles. The molecule has 21 heavy (non-hydrogen) atoms. The molecule has 1 aromatic rings. The Hall–Kier alpha value is -1.36. The van der Waals surface area contributed by atoms with Crippen molar-refractivity contribution < 1.29 is 4.74 Å². The molecule has 0 fully saturated rings. The highest BCUT2D eigenvalue weighted by Gasteiger charge is 2.09. The van der Waals surface area contributed by atoms with Crippen LogP contribution >= 0.6 is 12.2 Å². The van der Waals surface area contributed by atoms with Gasteiger partial charge in [0.15, 0.2) is 5.75 Å². The third-order valence-electron chi connectivity index (χ3n) is 3.45. The molecule has 0 aliphatic rings. The minimum Gasteiger partial charge on any atom is -0.488 e. The highest BCUT2D eigenvalue weighted by Crippen LogP contribution is 2.07. The van der Waals surface area contributed by atoms with Gasteiger partial charge in [-0.1, -0.05) is 51.7 Å². The predicted molar refractivity (Wildman–Crippen MR) is 90.9 cm³/mol. The Balaban J connectivity index is 2.52. The van der Waals surface area contributed by atoms with E-state index in [0.717, 1.165) is 12.8 Å². The van der Waals surface area contributed by atoms with Crippen molar-refractivity contribution in [2.24, 2.45) is 11.7 Å². The smallest absolute Gasteiger partial charge is 0.292 e. The first-order valence-electron chi connectivity index (χ1n) is 7.67. The van der Waals surface area contributed by atoms with Gasteiger partial charge < -0.3 is 15.0 Å². The van der Waals surface area contributed by atoms with E-state index in [4.69, 9.17) is 22.7 Å². The molecule has 1 rings (SSSR count).